The van der Waals surface area contributed by atoms with E-state index in [1.165, 1.54) is 0 Å². The molecule has 0 atom stereocenters. The SMILES string of the molecule is CCC(CC)S(=O)(=O)NNC(=O)c1ccccc1. The van der Waals surface area contributed by atoms with Gasteiger partial charge in [-0.3, -0.25) is 10.2 Å². The quantitative estimate of drug-likeness (QED) is 0.768. The van der Waals surface area contributed by atoms with E-state index in [2.05, 4.69) is 10.3 Å². The van der Waals surface area contributed by atoms with E-state index in [9.17, 15) is 13.2 Å². The molecule has 1 amide bonds. The number of benzene rings is 1. The molecular weight excluding hydrogens is 252 g/mol. The van der Waals surface area contributed by atoms with Crippen LogP contribution in [0.3, 0.4) is 0 Å². The Balaban J connectivity index is 2.63. The van der Waals surface area contributed by atoms with Crippen LogP contribution in [0.25, 0.3) is 0 Å². The topological polar surface area (TPSA) is 75.3 Å². The molecule has 0 heterocycles. The average Bonchev–Trinajstić information content (AvgIpc) is 2.38. The lowest BCUT2D eigenvalue weighted by atomic mass is 10.2. The second kappa shape index (κ2) is 6.51. The molecule has 0 radical (unpaired) electrons. The molecule has 0 spiro atoms. The number of nitrogens with one attached hydrogen (secondary N) is 2. The van der Waals surface area contributed by atoms with E-state index < -0.39 is 21.2 Å². The Morgan fingerprint density at radius 2 is 1.72 bits per heavy atom. The minimum absolute atomic E-state index is 0.407. The fraction of sp³-hybridized carbons (Fsp3) is 0.417. The van der Waals surface area contributed by atoms with Crippen LogP contribution in [0.1, 0.15) is 37.0 Å². The molecule has 2 N–H and O–H groups in total. The second-order valence-corrected chi connectivity index (χ2v) is 5.87. The highest BCUT2D eigenvalue weighted by Gasteiger charge is 2.22. The molecule has 0 saturated carbocycles. The van der Waals surface area contributed by atoms with Gasteiger partial charge in [-0.15, -0.1) is 4.83 Å². The van der Waals surface area contributed by atoms with Gasteiger partial charge < -0.3 is 0 Å². The Bertz CT molecular complexity index is 481. The lowest BCUT2D eigenvalue weighted by molar-refractivity contribution is 0.0945. The molecule has 0 unspecified atom stereocenters. The summed E-state index contributed by atoms with van der Waals surface area (Å²) in [7, 11) is -3.51. The third kappa shape index (κ3) is 3.82. The smallest absolute Gasteiger partial charge is 0.266 e. The zero-order valence-corrected chi connectivity index (χ0v) is 11.3. The van der Waals surface area contributed by atoms with Crippen LogP contribution in [0.2, 0.25) is 0 Å². The molecule has 0 aliphatic carbocycles. The third-order valence-corrected chi connectivity index (χ3v) is 4.62. The van der Waals surface area contributed by atoms with Gasteiger partial charge in [0.25, 0.3) is 5.91 Å². The van der Waals surface area contributed by atoms with Gasteiger partial charge in [-0.05, 0) is 25.0 Å². The van der Waals surface area contributed by atoms with Gasteiger partial charge in [0.2, 0.25) is 10.0 Å². The summed E-state index contributed by atoms with van der Waals surface area (Å²) in [6.07, 6.45) is 1.01. The predicted octanol–water partition coefficient (Wildman–Crippen LogP) is 1.44. The van der Waals surface area contributed by atoms with Crippen LogP contribution in [0.5, 0.6) is 0 Å². The monoisotopic (exact) mass is 270 g/mol. The average molecular weight is 270 g/mol. The number of amides is 1. The molecule has 1 rings (SSSR count). The van der Waals surface area contributed by atoms with Crippen molar-refractivity contribution in [1.29, 1.82) is 0 Å². The highest BCUT2D eigenvalue weighted by atomic mass is 32.2. The number of carbonyl (C=O) groups is 1. The third-order valence-electron chi connectivity index (χ3n) is 2.69. The fourth-order valence-corrected chi connectivity index (χ4v) is 2.87. The standard InChI is InChI=1S/C12H18N2O3S/c1-3-11(4-2)18(16,17)14-13-12(15)10-8-6-5-7-9-10/h5-9,11,14H,3-4H2,1-2H3,(H,13,15). The van der Waals surface area contributed by atoms with E-state index in [-0.39, 0.29) is 0 Å². The maximum Gasteiger partial charge on any atom is 0.266 e. The lowest BCUT2D eigenvalue weighted by Gasteiger charge is -2.15. The maximum atomic E-state index is 11.8. The van der Waals surface area contributed by atoms with Crippen LogP contribution >= 0.6 is 0 Å². The van der Waals surface area contributed by atoms with Gasteiger partial charge >= 0.3 is 0 Å². The number of hydrazine groups is 1. The summed E-state index contributed by atoms with van der Waals surface area (Å²) in [4.78, 5) is 13.8. The summed E-state index contributed by atoms with van der Waals surface area (Å²) in [6.45, 7) is 3.60. The first kappa shape index (κ1) is 14.7. The van der Waals surface area contributed by atoms with Crippen LogP contribution in [-0.2, 0) is 10.0 Å². The lowest BCUT2D eigenvalue weighted by Crippen LogP contribution is -2.45. The van der Waals surface area contributed by atoms with Gasteiger partial charge in [0, 0.05) is 5.56 Å². The second-order valence-electron chi connectivity index (χ2n) is 3.91. The largest absolute Gasteiger partial charge is 0.274 e. The summed E-state index contributed by atoms with van der Waals surface area (Å²) in [5, 5.41) is -0.492. The Morgan fingerprint density at radius 1 is 1.17 bits per heavy atom. The Morgan fingerprint density at radius 3 is 2.22 bits per heavy atom. The van der Waals surface area contributed by atoms with Gasteiger partial charge in [-0.25, -0.2) is 8.42 Å². The molecule has 1 aromatic carbocycles. The van der Waals surface area contributed by atoms with Crippen molar-refractivity contribution in [1.82, 2.24) is 10.3 Å². The van der Waals surface area contributed by atoms with Crippen molar-refractivity contribution in [2.24, 2.45) is 0 Å². The molecule has 6 heteroatoms. The first-order valence-electron chi connectivity index (χ1n) is 5.87. The zero-order valence-electron chi connectivity index (χ0n) is 10.5. The fourth-order valence-electron chi connectivity index (χ4n) is 1.59. The van der Waals surface area contributed by atoms with Gasteiger partial charge in [-0.1, -0.05) is 32.0 Å². The Labute approximate surface area is 108 Å². The van der Waals surface area contributed by atoms with Crippen LogP contribution in [-0.4, -0.2) is 19.6 Å². The molecule has 1 aromatic rings. The Hall–Kier alpha value is -1.40. The predicted molar refractivity (Wildman–Crippen MR) is 70.3 cm³/mol. The van der Waals surface area contributed by atoms with E-state index in [4.69, 9.17) is 0 Å². The number of hydrogen-bond acceptors (Lipinski definition) is 3. The van der Waals surface area contributed by atoms with E-state index in [1.807, 2.05) is 0 Å². The summed E-state index contributed by atoms with van der Waals surface area (Å²) in [6, 6.07) is 8.43. The van der Waals surface area contributed by atoms with E-state index in [0.717, 1.165) is 0 Å². The molecule has 0 bridgehead atoms. The minimum atomic E-state index is -3.51. The van der Waals surface area contributed by atoms with E-state index in [1.54, 1.807) is 44.2 Å². The van der Waals surface area contributed by atoms with Crippen LogP contribution in [0.15, 0.2) is 30.3 Å². The molecule has 100 valence electrons. The van der Waals surface area contributed by atoms with E-state index >= 15 is 0 Å². The van der Waals surface area contributed by atoms with E-state index in [0.29, 0.717) is 18.4 Å². The highest BCUT2D eigenvalue weighted by Crippen LogP contribution is 2.07. The molecule has 18 heavy (non-hydrogen) atoms. The van der Waals surface area contributed by atoms with Gasteiger partial charge in [0.15, 0.2) is 0 Å². The van der Waals surface area contributed by atoms with Crippen molar-refractivity contribution in [3.63, 3.8) is 0 Å². The van der Waals surface area contributed by atoms with Gasteiger partial charge in [-0.2, -0.15) is 0 Å². The molecular formula is C12H18N2O3S. The molecule has 0 aromatic heterocycles. The van der Waals surface area contributed by atoms with Crippen molar-refractivity contribution >= 4 is 15.9 Å². The van der Waals surface area contributed by atoms with Crippen molar-refractivity contribution in [2.75, 3.05) is 0 Å². The zero-order chi connectivity index (χ0) is 13.6. The number of hydrogen-bond donors (Lipinski definition) is 2. The molecule has 0 saturated heterocycles. The molecule has 0 aliphatic rings. The van der Waals surface area contributed by atoms with Crippen molar-refractivity contribution < 1.29 is 13.2 Å². The van der Waals surface area contributed by atoms with Crippen LogP contribution < -0.4 is 10.3 Å². The van der Waals surface area contributed by atoms with Crippen LogP contribution in [0.4, 0.5) is 0 Å². The van der Waals surface area contributed by atoms with Crippen LogP contribution in [0, 0.1) is 0 Å². The number of sulfonamides is 1. The van der Waals surface area contributed by atoms with Crippen molar-refractivity contribution in [2.45, 2.75) is 31.9 Å². The van der Waals surface area contributed by atoms with Crippen molar-refractivity contribution in [3.8, 4) is 0 Å². The van der Waals surface area contributed by atoms with Gasteiger partial charge in [0.1, 0.15) is 0 Å². The van der Waals surface area contributed by atoms with Crippen molar-refractivity contribution in [3.05, 3.63) is 35.9 Å². The summed E-state index contributed by atoms with van der Waals surface area (Å²) < 4.78 is 23.6. The number of rotatable bonds is 6. The summed E-state index contributed by atoms with van der Waals surface area (Å²) >= 11 is 0. The first-order valence-corrected chi connectivity index (χ1v) is 7.41. The molecule has 5 nitrogen and oxygen atoms in total. The van der Waals surface area contributed by atoms with Gasteiger partial charge in [0.05, 0.1) is 5.25 Å². The maximum absolute atomic E-state index is 11.8. The Kier molecular flexibility index (Phi) is 5.30. The summed E-state index contributed by atoms with van der Waals surface area (Å²) in [5.74, 6) is -0.467. The first-order chi connectivity index (χ1) is 8.51. The minimum Gasteiger partial charge on any atom is -0.274 e. The summed E-state index contributed by atoms with van der Waals surface area (Å²) in [5.41, 5.74) is 2.62. The number of carbonyl (C=O) groups excluding carboxylic acids is 1. The normalized spacial score (nSPS) is 11.5. The molecule has 0 fully saturated rings. The molecule has 0 aliphatic heterocycles. The highest BCUT2D eigenvalue weighted by molar-refractivity contribution is 7.90.